The quantitative estimate of drug-likeness (QED) is 0.599. The van der Waals surface area contributed by atoms with Crippen LogP contribution in [0, 0.1) is 0 Å². The van der Waals surface area contributed by atoms with Gasteiger partial charge < -0.3 is 9.47 Å². The zero-order valence-electron chi connectivity index (χ0n) is 11.1. The summed E-state index contributed by atoms with van der Waals surface area (Å²) in [4.78, 5) is 5.81. The minimum absolute atomic E-state index is 0.307. The number of ether oxygens (including phenoxy) is 2. The maximum Gasteiger partial charge on any atom is 0.176 e. The lowest BCUT2D eigenvalue weighted by Gasteiger charge is -2.12. The SMILES string of the molecule is COC(CN=C(c1ccccc1)c1cccs1)OC. The summed E-state index contributed by atoms with van der Waals surface area (Å²) in [5.74, 6) is 0. The van der Waals surface area contributed by atoms with Crippen molar-refractivity contribution >= 4 is 17.0 Å². The summed E-state index contributed by atoms with van der Waals surface area (Å²) >= 11 is 1.68. The van der Waals surface area contributed by atoms with Gasteiger partial charge in [-0.1, -0.05) is 36.4 Å². The topological polar surface area (TPSA) is 30.8 Å². The number of hydrogen-bond acceptors (Lipinski definition) is 4. The van der Waals surface area contributed by atoms with Gasteiger partial charge in [0, 0.05) is 19.8 Å². The van der Waals surface area contributed by atoms with Gasteiger partial charge >= 0.3 is 0 Å². The number of methoxy groups -OCH3 is 2. The molecule has 0 amide bonds. The molecule has 2 aromatic rings. The molecular formula is C15H17NO2S. The maximum absolute atomic E-state index is 5.18. The summed E-state index contributed by atoms with van der Waals surface area (Å²) < 4.78 is 10.4. The van der Waals surface area contributed by atoms with Gasteiger partial charge in [-0.3, -0.25) is 4.99 Å². The standard InChI is InChI=1S/C15H17NO2S/c1-17-14(18-2)11-16-15(13-9-6-10-19-13)12-7-4-3-5-8-12/h3-10,14H,11H2,1-2H3. The van der Waals surface area contributed by atoms with Gasteiger partial charge in [-0.15, -0.1) is 11.3 Å². The van der Waals surface area contributed by atoms with Gasteiger partial charge in [0.15, 0.2) is 6.29 Å². The van der Waals surface area contributed by atoms with Gasteiger partial charge in [0.25, 0.3) is 0 Å². The van der Waals surface area contributed by atoms with E-state index in [-0.39, 0.29) is 6.29 Å². The van der Waals surface area contributed by atoms with E-state index in [4.69, 9.17) is 9.47 Å². The molecule has 0 aliphatic rings. The molecule has 3 nitrogen and oxygen atoms in total. The van der Waals surface area contributed by atoms with Gasteiger partial charge in [-0.2, -0.15) is 0 Å². The highest BCUT2D eigenvalue weighted by Gasteiger charge is 2.10. The number of thiophene rings is 1. The first-order valence-electron chi connectivity index (χ1n) is 6.04. The van der Waals surface area contributed by atoms with Crippen LogP contribution in [0.15, 0.2) is 52.8 Å². The molecule has 4 heteroatoms. The number of benzene rings is 1. The van der Waals surface area contributed by atoms with Crippen LogP contribution in [-0.2, 0) is 9.47 Å². The van der Waals surface area contributed by atoms with Gasteiger partial charge in [-0.25, -0.2) is 0 Å². The third kappa shape index (κ3) is 3.73. The molecule has 1 aromatic heterocycles. The van der Waals surface area contributed by atoms with Crippen LogP contribution in [0.1, 0.15) is 10.4 Å². The zero-order chi connectivity index (χ0) is 13.5. The van der Waals surface area contributed by atoms with Gasteiger partial charge in [-0.05, 0) is 11.4 Å². The van der Waals surface area contributed by atoms with E-state index in [2.05, 4.69) is 28.6 Å². The van der Waals surface area contributed by atoms with E-state index in [9.17, 15) is 0 Å². The van der Waals surface area contributed by atoms with Crippen molar-refractivity contribution in [1.82, 2.24) is 0 Å². The van der Waals surface area contributed by atoms with E-state index in [1.807, 2.05) is 24.3 Å². The van der Waals surface area contributed by atoms with E-state index in [1.54, 1.807) is 25.6 Å². The van der Waals surface area contributed by atoms with Crippen LogP contribution in [0.3, 0.4) is 0 Å². The number of hydrogen-bond donors (Lipinski definition) is 0. The lowest BCUT2D eigenvalue weighted by Crippen LogP contribution is -2.18. The molecule has 0 spiro atoms. The summed E-state index contributed by atoms with van der Waals surface area (Å²) in [5, 5.41) is 2.05. The van der Waals surface area contributed by atoms with Crippen molar-refractivity contribution in [2.45, 2.75) is 6.29 Å². The van der Waals surface area contributed by atoms with Crippen molar-refractivity contribution in [2.24, 2.45) is 4.99 Å². The highest BCUT2D eigenvalue weighted by atomic mass is 32.1. The normalized spacial score (nSPS) is 12.1. The fourth-order valence-corrected chi connectivity index (χ4v) is 2.49. The van der Waals surface area contributed by atoms with Crippen LogP contribution in [0.2, 0.25) is 0 Å². The molecule has 0 saturated heterocycles. The van der Waals surface area contributed by atoms with Crippen molar-refractivity contribution in [2.75, 3.05) is 20.8 Å². The molecule has 1 heterocycles. The summed E-state index contributed by atoms with van der Waals surface area (Å²) in [6.45, 7) is 0.481. The first-order chi connectivity index (χ1) is 9.35. The molecule has 19 heavy (non-hydrogen) atoms. The van der Waals surface area contributed by atoms with Gasteiger partial charge in [0.05, 0.1) is 17.1 Å². The minimum atomic E-state index is -0.307. The Hall–Kier alpha value is -1.49. The molecule has 2 rings (SSSR count). The highest BCUT2D eigenvalue weighted by molar-refractivity contribution is 7.12. The summed E-state index contributed by atoms with van der Waals surface area (Å²) in [5.41, 5.74) is 2.09. The second-order valence-corrected chi connectivity index (χ2v) is 4.88. The Morgan fingerprint density at radius 3 is 2.42 bits per heavy atom. The number of rotatable bonds is 6. The second-order valence-electron chi connectivity index (χ2n) is 3.93. The number of aliphatic imine (C=N–C) groups is 1. The Morgan fingerprint density at radius 2 is 1.84 bits per heavy atom. The smallest absolute Gasteiger partial charge is 0.176 e. The predicted octanol–water partition coefficient (Wildman–Crippen LogP) is 3.20. The maximum atomic E-state index is 5.18. The Bertz CT molecular complexity index is 504. The first-order valence-corrected chi connectivity index (χ1v) is 6.92. The average molecular weight is 275 g/mol. The van der Waals surface area contributed by atoms with Crippen molar-refractivity contribution in [1.29, 1.82) is 0 Å². The largest absolute Gasteiger partial charge is 0.354 e. The van der Waals surface area contributed by atoms with E-state index in [1.165, 1.54) is 0 Å². The summed E-state index contributed by atoms with van der Waals surface area (Å²) in [6.07, 6.45) is -0.307. The number of nitrogens with zero attached hydrogens (tertiary/aromatic N) is 1. The van der Waals surface area contributed by atoms with E-state index in [0.717, 1.165) is 16.2 Å². The zero-order valence-corrected chi connectivity index (χ0v) is 11.9. The van der Waals surface area contributed by atoms with Crippen LogP contribution in [0.4, 0.5) is 0 Å². The Balaban J connectivity index is 2.28. The van der Waals surface area contributed by atoms with Crippen molar-refractivity contribution in [3.05, 3.63) is 58.3 Å². The molecule has 0 radical (unpaired) electrons. The minimum Gasteiger partial charge on any atom is -0.354 e. The lowest BCUT2D eigenvalue weighted by molar-refractivity contribution is -0.0936. The third-order valence-corrected chi connectivity index (χ3v) is 3.60. The molecule has 100 valence electrons. The molecule has 0 atom stereocenters. The second kappa shape index (κ2) is 7.19. The van der Waals surface area contributed by atoms with E-state index >= 15 is 0 Å². The highest BCUT2D eigenvalue weighted by Crippen LogP contribution is 2.16. The van der Waals surface area contributed by atoms with Crippen LogP contribution in [-0.4, -0.2) is 32.8 Å². The lowest BCUT2D eigenvalue weighted by atomic mass is 10.1. The molecular weight excluding hydrogens is 258 g/mol. The van der Waals surface area contributed by atoms with E-state index in [0.29, 0.717) is 6.54 Å². The van der Waals surface area contributed by atoms with Crippen molar-refractivity contribution < 1.29 is 9.47 Å². The van der Waals surface area contributed by atoms with Crippen molar-refractivity contribution in [3.63, 3.8) is 0 Å². The van der Waals surface area contributed by atoms with E-state index < -0.39 is 0 Å². The molecule has 0 aliphatic carbocycles. The average Bonchev–Trinajstić information content (AvgIpc) is 2.99. The molecule has 0 saturated carbocycles. The van der Waals surface area contributed by atoms with Gasteiger partial charge in [0.2, 0.25) is 0 Å². The first kappa shape index (κ1) is 13.9. The van der Waals surface area contributed by atoms with Crippen molar-refractivity contribution in [3.8, 4) is 0 Å². The fourth-order valence-electron chi connectivity index (χ4n) is 1.73. The predicted molar refractivity (Wildman–Crippen MR) is 79.1 cm³/mol. The molecule has 0 N–H and O–H groups in total. The Labute approximate surface area is 117 Å². The molecule has 0 fully saturated rings. The Kier molecular flexibility index (Phi) is 5.27. The fraction of sp³-hybridized carbons (Fsp3) is 0.267. The van der Waals surface area contributed by atoms with Crippen LogP contribution < -0.4 is 0 Å². The molecule has 0 aliphatic heterocycles. The Morgan fingerprint density at radius 1 is 1.11 bits per heavy atom. The third-order valence-electron chi connectivity index (χ3n) is 2.73. The van der Waals surface area contributed by atoms with Crippen LogP contribution in [0.5, 0.6) is 0 Å². The van der Waals surface area contributed by atoms with Crippen LogP contribution in [0.25, 0.3) is 0 Å². The molecule has 0 unspecified atom stereocenters. The van der Waals surface area contributed by atoms with Crippen LogP contribution >= 0.6 is 11.3 Å². The summed E-state index contributed by atoms with van der Waals surface area (Å²) in [6, 6.07) is 14.3. The summed E-state index contributed by atoms with van der Waals surface area (Å²) in [7, 11) is 3.24. The van der Waals surface area contributed by atoms with Gasteiger partial charge in [0.1, 0.15) is 0 Å². The monoisotopic (exact) mass is 275 g/mol. The molecule has 1 aromatic carbocycles. The molecule has 0 bridgehead atoms.